The predicted octanol–water partition coefficient (Wildman–Crippen LogP) is 3.10. The van der Waals surface area contributed by atoms with Crippen molar-refractivity contribution in [1.29, 1.82) is 0 Å². The average Bonchev–Trinajstić information content (AvgIpc) is 2.75. The van der Waals surface area contributed by atoms with Gasteiger partial charge in [-0.3, -0.25) is 0 Å². The molecule has 1 aromatic rings. The van der Waals surface area contributed by atoms with Crippen LogP contribution >= 0.6 is 0 Å². The van der Waals surface area contributed by atoms with E-state index in [1.807, 2.05) is 42.5 Å². The molecule has 0 N–H and O–H groups in total. The van der Waals surface area contributed by atoms with Gasteiger partial charge in [-0.25, -0.2) is 0 Å². The summed E-state index contributed by atoms with van der Waals surface area (Å²) in [5.74, 6) is 1.43. The molecule has 0 atom stereocenters. The summed E-state index contributed by atoms with van der Waals surface area (Å²) in [7, 11) is 0. The van der Waals surface area contributed by atoms with Crippen LogP contribution in [-0.2, 0) is 9.47 Å². The third kappa shape index (κ3) is 2.29. The summed E-state index contributed by atoms with van der Waals surface area (Å²) >= 11 is 0. The maximum atomic E-state index is 5.28. The number of allylic oxidation sites excluding steroid dienone is 2. The van der Waals surface area contributed by atoms with Crippen molar-refractivity contribution in [2.24, 2.45) is 0 Å². The molecule has 0 saturated heterocycles. The zero-order valence-corrected chi connectivity index (χ0v) is 8.35. The predicted molar refractivity (Wildman–Crippen MR) is 59.7 cm³/mol. The van der Waals surface area contributed by atoms with Crippen LogP contribution in [-0.4, -0.2) is 6.79 Å². The first-order chi connectivity index (χ1) is 7.40. The number of rotatable bonds is 3. The topological polar surface area (TPSA) is 18.5 Å². The van der Waals surface area contributed by atoms with Crippen molar-refractivity contribution in [2.45, 2.75) is 0 Å². The molecular weight excluding hydrogens is 188 g/mol. The highest BCUT2D eigenvalue weighted by molar-refractivity contribution is 5.52. The lowest BCUT2D eigenvalue weighted by molar-refractivity contribution is 0.0779. The molecule has 0 saturated carbocycles. The van der Waals surface area contributed by atoms with Crippen LogP contribution in [0.2, 0.25) is 0 Å². The van der Waals surface area contributed by atoms with E-state index in [9.17, 15) is 0 Å². The van der Waals surface area contributed by atoms with Crippen molar-refractivity contribution in [3.8, 4) is 0 Å². The van der Waals surface area contributed by atoms with Crippen LogP contribution in [0.15, 0.2) is 60.6 Å². The van der Waals surface area contributed by atoms with Gasteiger partial charge in [0.15, 0.2) is 11.5 Å². The molecule has 15 heavy (non-hydrogen) atoms. The van der Waals surface area contributed by atoms with Crippen molar-refractivity contribution >= 4 is 6.08 Å². The van der Waals surface area contributed by atoms with Crippen molar-refractivity contribution in [3.05, 3.63) is 66.1 Å². The first kappa shape index (κ1) is 9.59. The molecular formula is C13H12O2. The summed E-state index contributed by atoms with van der Waals surface area (Å²) < 4.78 is 10.5. The summed E-state index contributed by atoms with van der Waals surface area (Å²) in [6, 6.07) is 10.0. The summed E-state index contributed by atoms with van der Waals surface area (Å²) in [5.41, 5.74) is 1.13. The smallest absolute Gasteiger partial charge is 0.231 e. The SMILES string of the molecule is C=CC1=C(/C=C/c2ccccc2)OCO1. The molecule has 0 fully saturated rings. The second-order valence-corrected chi connectivity index (χ2v) is 3.08. The van der Waals surface area contributed by atoms with E-state index in [0.29, 0.717) is 5.76 Å². The Kier molecular flexibility index (Phi) is 2.88. The Hall–Kier alpha value is -1.96. The molecule has 0 aromatic heterocycles. The minimum atomic E-state index is 0.274. The molecule has 76 valence electrons. The molecule has 2 rings (SSSR count). The van der Waals surface area contributed by atoms with Crippen molar-refractivity contribution in [2.75, 3.05) is 6.79 Å². The van der Waals surface area contributed by atoms with Crippen LogP contribution in [0.1, 0.15) is 5.56 Å². The van der Waals surface area contributed by atoms with E-state index in [0.717, 1.165) is 11.3 Å². The molecule has 0 aliphatic carbocycles. The fourth-order valence-electron chi connectivity index (χ4n) is 1.32. The molecule has 0 bridgehead atoms. The van der Waals surface area contributed by atoms with Gasteiger partial charge in [-0.05, 0) is 17.7 Å². The Labute approximate surface area is 89.1 Å². The van der Waals surface area contributed by atoms with Crippen molar-refractivity contribution in [3.63, 3.8) is 0 Å². The summed E-state index contributed by atoms with van der Waals surface area (Å²) in [6.45, 7) is 3.92. The van der Waals surface area contributed by atoms with E-state index in [1.165, 1.54) is 0 Å². The highest BCUT2D eigenvalue weighted by Gasteiger charge is 2.10. The van der Waals surface area contributed by atoms with E-state index < -0.39 is 0 Å². The summed E-state index contributed by atoms with van der Waals surface area (Å²) in [5, 5.41) is 0. The minimum Gasteiger partial charge on any atom is -0.454 e. The second kappa shape index (κ2) is 4.51. The fraction of sp³-hybridized carbons (Fsp3) is 0.0769. The zero-order valence-electron chi connectivity index (χ0n) is 8.35. The van der Waals surface area contributed by atoms with Crippen molar-refractivity contribution in [1.82, 2.24) is 0 Å². The Bertz CT molecular complexity index is 402. The first-order valence-electron chi connectivity index (χ1n) is 4.75. The zero-order chi connectivity index (χ0) is 10.5. The van der Waals surface area contributed by atoms with Gasteiger partial charge >= 0.3 is 0 Å². The van der Waals surface area contributed by atoms with Gasteiger partial charge in [0.2, 0.25) is 6.79 Å². The number of ether oxygens (including phenoxy) is 2. The average molecular weight is 200 g/mol. The molecule has 1 aliphatic heterocycles. The number of hydrogen-bond donors (Lipinski definition) is 0. The maximum absolute atomic E-state index is 5.28. The summed E-state index contributed by atoms with van der Waals surface area (Å²) in [6.07, 6.45) is 5.52. The lowest BCUT2D eigenvalue weighted by Crippen LogP contribution is -1.81. The summed E-state index contributed by atoms with van der Waals surface area (Å²) in [4.78, 5) is 0. The monoisotopic (exact) mass is 200 g/mol. The lowest BCUT2D eigenvalue weighted by atomic mass is 10.2. The lowest BCUT2D eigenvalue weighted by Gasteiger charge is -1.94. The van der Waals surface area contributed by atoms with Gasteiger partial charge in [0.1, 0.15) is 0 Å². The normalized spacial score (nSPS) is 15.2. The van der Waals surface area contributed by atoms with Gasteiger partial charge < -0.3 is 9.47 Å². The second-order valence-electron chi connectivity index (χ2n) is 3.08. The quantitative estimate of drug-likeness (QED) is 0.746. The molecule has 0 radical (unpaired) electrons. The molecule has 0 amide bonds. The molecule has 1 heterocycles. The fourth-order valence-corrected chi connectivity index (χ4v) is 1.32. The Morgan fingerprint density at radius 3 is 2.47 bits per heavy atom. The van der Waals surface area contributed by atoms with Crippen LogP contribution in [0.3, 0.4) is 0 Å². The van der Waals surface area contributed by atoms with Crippen LogP contribution < -0.4 is 0 Å². The van der Waals surface area contributed by atoms with Gasteiger partial charge in [0.25, 0.3) is 0 Å². The van der Waals surface area contributed by atoms with E-state index in [2.05, 4.69) is 6.58 Å². The Balaban J connectivity index is 2.15. The van der Waals surface area contributed by atoms with Crippen LogP contribution in [0.4, 0.5) is 0 Å². The van der Waals surface area contributed by atoms with E-state index >= 15 is 0 Å². The number of benzene rings is 1. The largest absolute Gasteiger partial charge is 0.454 e. The van der Waals surface area contributed by atoms with Crippen molar-refractivity contribution < 1.29 is 9.47 Å². The molecule has 2 nitrogen and oxygen atoms in total. The number of hydrogen-bond acceptors (Lipinski definition) is 2. The van der Waals surface area contributed by atoms with Gasteiger partial charge in [-0.2, -0.15) is 0 Å². The van der Waals surface area contributed by atoms with Crippen LogP contribution in [0.5, 0.6) is 0 Å². The minimum absolute atomic E-state index is 0.274. The third-order valence-electron chi connectivity index (χ3n) is 2.08. The van der Waals surface area contributed by atoms with Gasteiger partial charge in [0, 0.05) is 0 Å². The molecule has 1 aliphatic rings. The van der Waals surface area contributed by atoms with E-state index in [-0.39, 0.29) is 6.79 Å². The van der Waals surface area contributed by atoms with Crippen LogP contribution in [0.25, 0.3) is 6.08 Å². The van der Waals surface area contributed by atoms with Gasteiger partial charge in [-0.15, -0.1) is 0 Å². The van der Waals surface area contributed by atoms with Gasteiger partial charge in [0.05, 0.1) is 0 Å². The van der Waals surface area contributed by atoms with E-state index in [4.69, 9.17) is 9.47 Å². The maximum Gasteiger partial charge on any atom is 0.231 e. The van der Waals surface area contributed by atoms with Gasteiger partial charge in [-0.1, -0.05) is 43.0 Å². The molecule has 0 spiro atoms. The van der Waals surface area contributed by atoms with E-state index in [1.54, 1.807) is 6.08 Å². The molecule has 0 unspecified atom stereocenters. The Morgan fingerprint density at radius 2 is 1.73 bits per heavy atom. The molecule has 2 heteroatoms. The molecule has 1 aromatic carbocycles. The standard InChI is InChI=1S/C13H12O2/c1-2-12-13(15-10-14-12)9-8-11-6-4-3-5-7-11/h2-9H,1,10H2/b9-8+. The highest BCUT2D eigenvalue weighted by atomic mass is 16.7. The Morgan fingerprint density at radius 1 is 1.00 bits per heavy atom. The third-order valence-corrected chi connectivity index (χ3v) is 2.08. The first-order valence-corrected chi connectivity index (χ1v) is 4.75. The van der Waals surface area contributed by atoms with Crippen LogP contribution in [0, 0.1) is 0 Å². The highest BCUT2D eigenvalue weighted by Crippen LogP contribution is 2.19.